The second-order valence-electron chi connectivity index (χ2n) is 7.11. The molecule has 1 amide bonds. The smallest absolute Gasteiger partial charge is 0.240 e. The van der Waals surface area contributed by atoms with E-state index in [9.17, 15) is 9.90 Å². The van der Waals surface area contributed by atoms with Crippen LogP contribution < -0.4 is 5.32 Å². The summed E-state index contributed by atoms with van der Waals surface area (Å²) >= 11 is 0. The van der Waals surface area contributed by atoms with Crippen molar-refractivity contribution < 1.29 is 9.90 Å². The molecule has 1 atom stereocenters. The fourth-order valence-electron chi connectivity index (χ4n) is 3.71. The van der Waals surface area contributed by atoms with E-state index in [0.717, 1.165) is 30.3 Å². The van der Waals surface area contributed by atoms with E-state index in [1.54, 1.807) is 6.33 Å². The molecule has 5 nitrogen and oxygen atoms in total. The van der Waals surface area contributed by atoms with Gasteiger partial charge in [0, 0.05) is 6.04 Å². The van der Waals surface area contributed by atoms with E-state index in [-0.39, 0.29) is 24.6 Å². The summed E-state index contributed by atoms with van der Waals surface area (Å²) in [6.07, 6.45) is 3.78. The summed E-state index contributed by atoms with van der Waals surface area (Å²) in [6, 6.07) is 18.0. The molecule has 2 N–H and O–H groups in total. The van der Waals surface area contributed by atoms with Crippen LogP contribution >= 0.6 is 0 Å². The van der Waals surface area contributed by atoms with Gasteiger partial charge in [-0.15, -0.1) is 0 Å². The molecule has 1 fully saturated rings. The number of benzene rings is 2. The number of hydrogen-bond donors (Lipinski definition) is 2. The molecule has 4 rings (SSSR count). The predicted octanol–water partition coefficient (Wildman–Crippen LogP) is 2.53. The normalized spacial score (nSPS) is 20.5. The summed E-state index contributed by atoms with van der Waals surface area (Å²) < 4.78 is 1.87. The van der Waals surface area contributed by atoms with Gasteiger partial charge in [0.05, 0.1) is 23.5 Å². The van der Waals surface area contributed by atoms with E-state index in [2.05, 4.69) is 22.4 Å². The van der Waals surface area contributed by atoms with Crippen LogP contribution in [0.4, 0.5) is 0 Å². The first-order valence-electron chi connectivity index (χ1n) is 9.10. The van der Waals surface area contributed by atoms with Gasteiger partial charge in [0.1, 0.15) is 6.54 Å². The summed E-state index contributed by atoms with van der Waals surface area (Å²) in [7, 11) is 0. The number of hydrogen-bond acceptors (Lipinski definition) is 3. The van der Waals surface area contributed by atoms with Crippen LogP contribution in [-0.4, -0.2) is 32.7 Å². The Balaban J connectivity index is 1.45. The lowest BCUT2D eigenvalue weighted by atomic mass is 9.75. The Morgan fingerprint density at radius 2 is 1.88 bits per heavy atom. The lowest BCUT2D eigenvalue weighted by Crippen LogP contribution is -2.49. The maximum absolute atomic E-state index is 12.7. The number of aliphatic hydroxyl groups excluding tert-OH is 1. The van der Waals surface area contributed by atoms with Crippen molar-refractivity contribution in [1.82, 2.24) is 14.9 Å². The number of amides is 1. The highest BCUT2D eigenvalue weighted by atomic mass is 16.3. The Morgan fingerprint density at radius 1 is 1.15 bits per heavy atom. The van der Waals surface area contributed by atoms with Crippen LogP contribution in [0.15, 0.2) is 60.9 Å². The fourth-order valence-corrected chi connectivity index (χ4v) is 3.71. The minimum absolute atomic E-state index is 0.0181. The lowest BCUT2D eigenvalue weighted by Gasteiger charge is -2.38. The first-order chi connectivity index (χ1) is 12.7. The summed E-state index contributed by atoms with van der Waals surface area (Å²) in [4.78, 5) is 17.0. The van der Waals surface area contributed by atoms with Gasteiger partial charge in [-0.1, -0.05) is 42.5 Å². The molecule has 1 aliphatic rings. The zero-order valence-electron chi connectivity index (χ0n) is 14.6. The van der Waals surface area contributed by atoms with E-state index < -0.39 is 0 Å². The Hall–Kier alpha value is -2.66. The molecule has 0 saturated heterocycles. The van der Waals surface area contributed by atoms with Crippen LogP contribution in [0.1, 0.15) is 18.4 Å². The summed E-state index contributed by atoms with van der Waals surface area (Å²) in [5.41, 5.74) is 3.05. The molecule has 134 valence electrons. The standard InChI is InChI=1S/C21H23N3O2/c25-17-11-16(12-17)19(10-15-6-2-1-3-7-15)23-21(26)13-24-14-22-18-8-4-5-9-20(18)24/h1-9,14,16-17,19,25H,10-13H2,(H,23,26). The molecule has 1 saturated carbocycles. The number of rotatable bonds is 6. The molecule has 1 heterocycles. The van der Waals surface area contributed by atoms with Crippen LogP contribution in [-0.2, 0) is 17.8 Å². The zero-order chi connectivity index (χ0) is 17.9. The van der Waals surface area contributed by atoms with Crippen molar-refractivity contribution in [2.75, 3.05) is 0 Å². The molecule has 1 aliphatic carbocycles. The van der Waals surface area contributed by atoms with E-state index in [4.69, 9.17) is 0 Å². The van der Waals surface area contributed by atoms with Gasteiger partial charge in [-0.2, -0.15) is 0 Å². The topological polar surface area (TPSA) is 67.2 Å². The van der Waals surface area contributed by atoms with Crippen molar-refractivity contribution in [1.29, 1.82) is 0 Å². The van der Waals surface area contributed by atoms with Crippen molar-refractivity contribution >= 4 is 16.9 Å². The van der Waals surface area contributed by atoms with Gasteiger partial charge in [0.25, 0.3) is 0 Å². The number of nitrogens with one attached hydrogen (secondary N) is 1. The largest absolute Gasteiger partial charge is 0.393 e. The fraction of sp³-hybridized carbons (Fsp3) is 0.333. The number of nitrogens with zero attached hydrogens (tertiary/aromatic N) is 2. The second-order valence-corrected chi connectivity index (χ2v) is 7.11. The van der Waals surface area contributed by atoms with E-state index in [1.165, 1.54) is 5.56 Å². The first-order valence-corrected chi connectivity index (χ1v) is 9.10. The summed E-state index contributed by atoms with van der Waals surface area (Å²) in [5.74, 6) is 0.309. The molecule has 1 aromatic heterocycles. The van der Waals surface area contributed by atoms with Gasteiger partial charge in [-0.05, 0) is 42.9 Å². The van der Waals surface area contributed by atoms with Crippen LogP contribution in [0, 0.1) is 5.92 Å². The molecule has 0 spiro atoms. The maximum Gasteiger partial charge on any atom is 0.240 e. The van der Waals surface area contributed by atoms with Gasteiger partial charge in [-0.25, -0.2) is 4.98 Å². The van der Waals surface area contributed by atoms with Gasteiger partial charge in [0.15, 0.2) is 0 Å². The predicted molar refractivity (Wildman–Crippen MR) is 101 cm³/mol. The molecule has 3 aromatic rings. The maximum atomic E-state index is 12.7. The third kappa shape index (κ3) is 3.63. The number of aromatic nitrogens is 2. The Labute approximate surface area is 152 Å². The molecule has 5 heteroatoms. The number of para-hydroxylation sites is 2. The number of carbonyl (C=O) groups excluding carboxylic acids is 1. The van der Waals surface area contributed by atoms with Gasteiger partial charge in [0.2, 0.25) is 5.91 Å². The highest BCUT2D eigenvalue weighted by molar-refractivity contribution is 5.80. The SMILES string of the molecule is O=C(Cn1cnc2ccccc21)NC(Cc1ccccc1)C1CC(O)C1. The number of fused-ring (bicyclic) bond motifs is 1. The zero-order valence-corrected chi connectivity index (χ0v) is 14.6. The van der Waals surface area contributed by atoms with Crippen molar-refractivity contribution in [2.45, 2.75) is 38.0 Å². The number of imidazole rings is 1. The van der Waals surface area contributed by atoms with E-state index >= 15 is 0 Å². The van der Waals surface area contributed by atoms with Gasteiger partial charge in [-0.3, -0.25) is 4.79 Å². The molecule has 0 aliphatic heterocycles. The second kappa shape index (κ2) is 7.30. The van der Waals surface area contributed by atoms with Crippen molar-refractivity contribution in [3.05, 3.63) is 66.5 Å². The van der Waals surface area contributed by atoms with Crippen LogP contribution in [0.25, 0.3) is 11.0 Å². The molecule has 1 unspecified atom stereocenters. The highest BCUT2D eigenvalue weighted by Crippen LogP contribution is 2.31. The number of aliphatic hydroxyl groups is 1. The van der Waals surface area contributed by atoms with Gasteiger partial charge >= 0.3 is 0 Å². The van der Waals surface area contributed by atoms with Crippen molar-refractivity contribution in [3.63, 3.8) is 0 Å². The Kier molecular flexibility index (Phi) is 4.71. The molecule has 2 aromatic carbocycles. The highest BCUT2D eigenvalue weighted by Gasteiger charge is 2.34. The van der Waals surface area contributed by atoms with Gasteiger partial charge < -0.3 is 15.0 Å². The third-order valence-corrected chi connectivity index (χ3v) is 5.20. The molecule has 0 radical (unpaired) electrons. The van der Waals surface area contributed by atoms with Crippen LogP contribution in [0.3, 0.4) is 0 Å². The average Bonchev–Trinajstić information content (AvgIpc) is 3.02. The Bertz CT molecular complexity index is 884. The monoisotopic (exact) mass is 349 g/mol. The molecule has 26 heavy (non-hydrogen) atoms. The number of carbonyl (C=O) groups is 1. The first kappa shape index (κ1) is 16.8. The summed E-state index contributed by atoms with van der Waals surface area (Å²) in [6.45, 7) is 0.251. The van der Waals surface area contributed by atoms with E-state index in [1.807, 2.05) is 47.0 Å². The minimum Gasteiger partial charge on any atom is -0.393 e. The molecular weight excluding hydrogens is 326 g/mol. The lowest BCUT2D eigenvalue weighted by molar-refractivity contribution is -0.123. The molecular formula is C21H23N3O2. The average molecular weight is 349 g/mol. The van der Waals surface area contributed by atoms with Crippen molar-refractivity contribution in [2.24, 2.45) is 5.92 Å². The Morgan fingerprint density at radius 3 is 2.65 bits per heavy atom. The van der Waals surface area contributed by atoms with Crippen LogP contribution in [0.2, 0.25) is 0 Å². The van der Waals surface area contributed by atoms with E-state index in [0.29, 0.717) is 5.92 Å². The minimum atomic E-state index is -0.229. The van der Waals surface area contributed by atoms with Crippen LogP contribution in [0.5, 0.6) is 0 Å². The molecule has 0 bridgehead atoms. The van der Waals surface area contributed by atoms with Crippen molar-refractivity contribution in [3.8, 4) is 0 Å². The third-order valence-electron chi connectivity index (χ3n) is 5.20. The summed E-state index contributed by atoms with van der Waals surface area (Å²) in [5, 5.41) is 12.9. The quantitative estimate of drug-likeness (QED) is 0.719.